The second-order valence-corrected chi connectivity index (χ2v) is 13.1. The van der Waals surface area contributed by atoms with Gasteiger partial charge in [0.2, 0.25) is 5.69 Å². The third-order valence-electron chi connectivity index (χ3n) is 9.58. The molecule has 9 nitrogen and oxygen atoms in total. The number of hydrogen-bond donors (Lipinski definition) is 1. The van der Waals surface area contributed by atoms with E-state index in [4.69, 9.17) is 4.74 Å². The Morgan fingerprint density at radius 1 is 0.896 bits per heavy atom. The molecule has 0 atom stereocenters. The van der Waals surface area contributed by atoms with Gasteiger partial charge in [-0.05, 0) is 62.1 Å². The molecule has 0 aromatic heterocycles. The first-order valence-electron chi connectivity index (χ1n) is 16.0. The number of allylic oxidation sites excluding steroid dienone is 6. The van der Waals surface area contributed by atoms with Gasteiger partial charge in [-0.1, -0.05) is 66.8 Å². The maximum atomic E-state index is 12.0. The zero-order chi connectivity index (χ0) is 34.2. The standard InChI is InChI=1S/C39H37N3O6/c1-38(2)33(41(22-21-34(44)45)37-29-16-11-9-14-27(29)26-13-8-10-15-28(26)35(37)38)20-7-5-6-19-32-39(3,4)36-30(40(32)23-24-48-25-43)17-12-18-31(36)42(46)47/h5-20,25H,21-24H2,1-4H3/p+1. The SMILES string of the molecule is CC1(C)C(/C=C/C=C/C=C2\N(CCOC=O)c3cccc([N+](=O)[O-])c3C2(C)C)=[N+](CCC(=O)O)c2c1c1ccccc1c1ccccc21. The Bertz CT molecular complexity index is 2100. The Hall–Kier alpha value is -5.57. The minimum Gasteiger partial charge on any atom is -0.481 e. The summed E-state index contributed by atoms with van der Waals surface area (Å²) in [5, 5.41) is 26.2. The second-order valence-electron chi connectivity index (χ2n) is 13.1. The number of carbonyl (C=O) groups excluding carboxylic acids is 1. The normalized spacial score (nSPS) is 17.2. The van der Waals surface area contributed by atoms with Crippen molar-refractivity contribution in [3.8, 4) is 0 Å². The highest BCUT2D eigenvalue weighted by atomic mass is 16.6. The number of anilines is 1. The Morgan fingerprint density at radius 2 is 1.56 bits per heavy atom. The first-order chi connectivity index (χ1) is 23.0. The molecule has 4 aromatic carbocycles. The van der Waals surface area contributed by atoms with Crippen LogP contribution in [-0.4, -0.2) is 52.5 Å². The minimum absolute atomic E-state index is 0.0125. The van der Waals surface area contributed by atoms with Gasteiger partial charge in [-0.2, -0.15) is 4.58 Å². The average Bonchev–Trinajstić information content (AvgIpc) is 3.42. The second kappa shape index (κ2) is 12.6. The van der Waals surface area contributed by atoms with Crippen LogP contribution in [0.15, 0.2) is 103 Å². The third-order valence-corrected chi connectivity index (χ3v) is 9.58. The summed E-state index contributed by atoms with van der Waals surface area (Å²) in [7, 11) is 0. The van der Waals surface area contributed by atoms with Gasteiger partial charge >= 0.3 is 5.97 Å². The fraction of sp³-hybridized carbons (Fsp3) is 0.256. The van der Waals surface area contributed by atoms with E-state index in [0.717, 1.165) is 33.3 Å². The molecule has 2 aliphatic heterocycles. The van der Waals surface area contributed by atoms with Crippen molar-refractivity contribution < 1.29 is 28.9 Å². The molecule has 0 bridgehead atoms. The number of benzene rings is 4. The van der Waals surface area contributed by atoms with Crippen molar-refractivity contribution >= 4 is 56.8 Å². The van der Waals surface area contributed by atoms with Gasteiger partial charge in [-0.15, -0.1) is 0 Å². The van der Waals surface area contributed by atoms with E-state index < -0.39 is 16.8 Å². The van der Waals surface area contributed by atoms with Crippen LogP contribution < -0.4 is 4.90 Å². The van der Waals surface area contributed by atoms with Gasteiger partial charge in [0.1, 0.15) is 13.0 Å². The molecule has 48 heavy (non-hydrogen) atoms. The monoisotopic (exact) mass is 644 g/mol. The molecule has 0 saturated heterocycles. The summed E-state index contributed by atoms with van der Waals surface area (Å²) in [4.78, 5) is 36.3. The third kappa shape index (κ3) is 5.35. The molecule has 1 N–H and O–H groups in total. The molecule has 0 amide bonds. The average molecular weight is 645 g/mol. The highest BCUT2D eigenvalue weighted by molar-refractivity contribution is 6.18. The summed E-state index contributed by atoms with van der Waals surface area (Å²) >= 11 is 0. The van der Waals surface area contributed by atoms with Gasteiger partial charge in [0.15, 0.2) is 12.3 Å². The van der Waals surface area contributed by atoms with E-state index >= 15 is 0 Å². The van der Waals surface area contributed by atoms with Crippen molar-refractivity contribution in [2.75, 3.05) is 24.6 Å². The molecule has 0 fully saturated rings. The highest BCUT2D eigenvalue weighted by Gasteiger charge is 2.47. The zero-order valence-corrected chi connectivity index (χ0v) is 27.5. The highest BCUT2D eigenvalue weighted by Crippen LogP contribution is 2.52. The Balaban J connectivity index is 1.42. The molecule has 0 saturated carbocycles. The molecule has 0 aliphatic carbocycles. The number of hydrogen-bond acceptors (Lipinski definition) is 6. The molecule has 0 radical (unpaired) electrons. The molecule has 244 valence electrons. The first kappa shape index (κ1) is 32.4. The molecule has 9 heteroatoms. The molecule has 2 aliphatic rings. The Kier molecular flexibility index (Phi) is 8.47. The number of carboxylic acids is 1. The number of nitro benzene ring substituents is 1. The minimum atomic E-state index is -0.857. The number of nitro groups is 1. The van der Waals surface area contributed by atoms with Crippen LogP contribution in [0.25, 0.3) is 21.5 Å². The van der Waals surface area contributed by atoms with Gasteiger partial charge in [0, 0.05) is 28.8 Å². The lowest BCUT2D eigenvalue weighted by atomic mass is 9.78. The van der Waals surface area contributed by atoms with Gasteiger partial charge < -0.3 is 14.7 Å². The van der Waals surface area contributed by atoms with Gasteiger partial charge in [-0.25, -0.2) is 0 Å². The van der Waals surface area contributed by atoms with E-state index in [0.29, 0.717) is 30.8 Å². The van der Waals surface area contributed by atoms with Crippen LogP contribution in [0.3, 0.4) is 0 Å². The predicted octanol–water partition coefficient (Wildman–Crippen LogP) is 7.72. The van der Waals surface area contributed by atoms with Crippen molar-refractivity contribution in [1.82, 2.24) is 0 Å². The van der Waals surface area contributed by atoms with E-state index in [1.807, 2.05) is 73.4 Å². The number of fused-ring (bicyclic) bond motifs is 7. The van der Waals surface area contributed by atoms with Crippen LogP contribution in [0.1, 0.15) is 45.2 Å². The zero-order valence-electron chi connectivity index (χ0n) is 27.5. The fourth-order valence-electron chi connectivity index (χ4n) is 7.59. The smallest absolute Gasteiger partial charge is 0.309 e. The van der Waals surface area contributed by atoms with Crippen molar-refractivity contribution in [3.63, 3.8) is 0 Å². The summed E-state index contributed by atoms with van der Waals surface area (Å²) < 4.78 is 7.15. The maximum Gasteiger partial charge on any atom is 0.309 e. The van der Waals surface area contributed by atoms with Crippen molar-refractivity contribution in [2.45, 2.75) is 44.9 Å². The van der Waals surface area contributed by atoms with Gasteiger partial charge in [0.05, 0.1) is 33.5 Å². The van der Waals surface area contributed by atoms with Crippen molar-refractivity contribution in [3.05, 3.63) is 124 Å². The first-order valence-corrected chi connectivity index (χ1v) is 16.0. The van der Waals surface area contributed by atoms with E-state index in [9.17, 15) is 24.8 Å². The molecule has 4 aromatic rings. The van der Waals surface area contributed by atoms with Crippen LogP contribution in [0.2, 0.25) is 0 Å². The lowest BCUT2D eigenvalue weighted by Crippen LogP contribution is -2.29. The molecular weight excluding hydrogens is 606 g/mol. The number of rotatable bonds is 11. The van der Waals surface area contributed by atoms with Crippen LogP contribution in [0, 0.1) is 10.1 Å². The maximum absolute atomic E-state index is 12.0. The van der Waals surface area contributed by atoms with Gasteiger partial charge in [0.25, 0.3) is 12.2 Å². The van der Waals surface area contributed by atoms with Crippen LogP contribution in [-0.2, 0) is 25.2 Å². The summed E-state index contributed by atoms with van der Waals surface area (Å²) in [6, 6.07) is 21.7. The van der Waals surface area contributed by atoms with Crippen LogP contribution in [0.5, 0.6) is 0 Å². The number of carbonyl (C=O) groups is 2. The number of carboxylic acid groups (broad SMARTS) is 1. The molecule has 6 rings (SSSR count). The number of nitrogens with zero attached hydrogens (tertiary/aromatic N) is 3. The summed E-state index contributed by atoms with van der Waals surface area (Å²) in [5.41, 5.74) is 4.32. The van der Waals surface area contributed by atoms with Crippen molar-refractivity contribution in [1.29, 1.82) is 0 Å². The number of ether oxygens (including phenoxy) is 1. The predicted molar refractivity (Wildman–Crippen MR) is 188 cm³/mol. The fourth-order valence-corrected chi connectivity index (χ4v) is 7.59. The largest absolute Gasteiger partial charge is 0.481 e. The van der Waals surface area contributed by atoms with Gasteiger partial charge in [-0.3, -0.25) is 19.7 Å². The summed E-state index contributed by atoms with van der Waals surface area (Å²) in [6.07, 6.45) is 9.75. The van der Waals surface area contributed by atoms with Crippen LogP contribution >= 0.6 is 0 Å². The lowest BCUT2D eigenvalue weighted by molar-refractivity contribution is -0.435. The van der Waals surface area contributed by atoms with Crippen LogP contribution in [0.4, 0.5) is 17.1 Å². The molecule has 2 heterocycles. The molecule has 0 unspecified atom stereocenters. The molecular formula is C39H38N3O6+. The van der Waals surface area contributed by atoms with E-state index in [2.05, 4.69) is 48.8 Å². The molecule has 0 spiro atoms. The Morgan fingerprint density at radius 3 is 2.23 bits per heavy atom. The quantitative estimate of drug-likeness (QED) is 0.0338. The van der Waals surface area contributed by atoms with E-state index in [1.54, 1.807) is 6.07 Å². The van der Waals surface area contributed by atoms with E-state index in [-0.39, 0.29) is 23.6 Å². The number of aliphatic carboxylic acids is 1. The van der Waals surface area contributed by atoms with Crippen molar-refractivity contribution in [2.24, 2.45) is 0 Å². The topological polar surface area (TPSA) is 113 Å². The summed E-state index contributed by atoms with van der Waals surface area (Å²) in [6.45, 7) is 9.48. The Labute approximate surface area is 278 Å². The lowest BCUT2D eigenvalue weighted by Gasteiger charge is -2.26. The van der Waals surface area contributed by atoms with E-state index in [1.165, 1.54) is 17.0 Å². The summed E-state index contributed by atoms with van der Waals surface area (Å²) in [5.74, 6) is -0.857.